The van der Waals surface area contributed by atoms with E-state index in [0.717, 1.165) is 0 Å². The molecule has 7 heteroatoms. The minimum Gasteiger partial charge on any atom is -0.467 e. The van der Waals surface area contributed by atoms with Crippen molar-refractivity contribution in [3.05, 3.63) is 82.2 Å². The fourth-order valence-corrected chi connectivity index (χ4v) is 2.56. The first kappa shape index (κ1) is 16.5. The number of anilines is 1. The molecule has 0 unspecified atom stereocenters. The zero-order valence-electron chi connectivity index (χ0n) is 13.5. The number of furan rings is 2. The van der Waals surface area contributed by atoms with Crippen molar-refractivity contribution < 1.29 is 18.6 Å². The van der Waals surface area contributed by atoms with Gasteiger partial charge in [0.15, 0.2) is 5.78 Å². The normalized spacial score (nSPS) is 10.6. The summed E-state index contributed by atoms with van der Waals surface area (Å²) in [5, 5.41) is 11.5. The Morgan fingerprint density at radius 3 is 2.12 bits per heavy atom. The van der Waals surface area contributed by atoms with Crippen molar-refractivity contribution in [2.24, 2.45) is 0 Å². The maximum absolute atomic E-state index is 11.5. The van der Waals surface area contributed by atoms with Crippen molar-refractivity contribution in [3.8, 4) is 0 Å². The molecule has 0 spiro atoms. The molecular formula is C18H16N2O5. The van der Waals surface area contributed by atoms with E-state index in [0.29, 0.717) is 35.9 Å². The van der Waals surface area contributed by atoms with Gasteiger partial charge in [0.25, 0.3) is 5.69 Å². The van der Waals surface area contributed by atoms with Crippen molar-refractivity contribution in [1.29, 1.82) is 0 Å². The molecule has 2 aromatic heterocycles. The van der Waals surface area contributed by atoms with Gasteiger partial charge in [0.1, 0.15) is 17.2 Å². The number of hydrogen-bond donors (Lipinski definition) is 0. The Bertz CT molecular complexity index is 833. The highest BCUT2D eigenvalue weighted by atomic mass is 16.6. The molecule has 3 rings (SSSR count). The van der Waals surface area contributed by atoms with Crippen molar-refractivity contribution in [1.82, 2.24) is 0 Å². The summed E-state index contributed by atoms with van der Waals surface area (Å²) in [6.45, 7) is 2.03. The Kier molecular flexibility index (Phi) is 4.65. The van der Waals surface area contributed by atoms with Gasteiger partial charge in [0.05, 0.1) is 30.5 Å². The minimum absolute atomic E-state index is 0.134. The molecule has 25 heavy (non-hydrogen) atoms. The summed E-state index contributed by atoms with van der Waals surface area (Å²) >= 11 is 0. The molecule has 0 amide bonds. The van der Waals surface area contributed by atoms with E-state index in [4.69, 9.17) is 8.83 Å². The molecule has 0 bridgehead atoms. The zero-order chi connectivity index (χ0) is 17.8. The number of carbonyl (C=O) groups is 1. The molecule has 2 heterocycles. The highest BCUT2D eigenvalue weighted by Gasteiger charge is 2.23. The maximum Gasteiger partial charge on any atom is 0.293 e. The zero-order valence-corrected chi connectivity index (χ0v) is 13.5. The standard InChI is InChI=1S/C18H16N2O5/c1-13(21)14-6-7-17(18(10-14)20(22)23)19(11-15-4-2-8-24-15)12-16-5-3-9-25-16/h2-10H,11-12H2,1H3. The van der Waals surface area contributed by atoms with Gasteiger partial charge >= 0.3 is 0 Å². The van der Waals surface area contributed by atoms with Crippen LogP contribution in [0.3, 0.4) is 0 Å². The number of nitro benzene ring substituents is 1. The molecule has 0 aliphatic carbocycles. The van der Waals surface area contributed by atoms with Crippen LogP contribution in [0.5, 0.6) is 0 Å². The second kappa shape index (κ2) is 7.04. The van der Waals surface area contributed by atoms with Gasteiger partial charge in [-0.1, -0.05) is 0 Å². The SMILES string of the molecule is CC(=O)c1ccc(N(Cc2ccco2)Cc2ccco2)c([N+](=O)[O-])c1. The third-order valence-corrected chi connectivity index (χ3v) is 3.77. The summed E-state index contributed by atoms with van der Waals surface area (Å²) < 4.78 is 10.7. The Morgan fingerprint density at radius 1 is 1.08 bits per heavy atom. The molecule has 7 nitrogen and oxygen atoms in total. The lowest BCUT2D eigenvalue weighted by atomic mass is 10.1. The molecule has 0 saturated heterocycles. The third kappa shape index (κ3) is 3.77. The van der Waals surface area contributed by atoms with Gasteiger partial charge in [-0.2, -0.15) is 0 Å². The van der Waals surface area contributed by atoms with Crippen LogP contribution in [0.4, 0.5) is 11.4 Å². The minimum atomic E-state index is -0.487. The largest absolute Gasteiger partial charge is 0.467 e. The maximum atomic E-state index is 11.5. The molecule has 0 aliphatic heterocycles. The summed E-state index contributed by atoms with van der Waals surface area (Å²) in [7, 11) is 0. The number of Topliss-reactive ketones (excluding diaryl/α,β-unsaturated/α-hetero) is 1. The van der Waals surface area contributed by atoms with Crippen LogP contribution in [0.25, 0.3) is 0 Å². The second-order valence-electron chi connectivity index (χ2n) is 5.53. The average molecular weight is 340 g/mol. The molecule has 128 valence electrons. The molecule has 0 saturated carbocycles. The Hall–Kier alpha value is -3.35. The van der Waals surface area contributed by atoms with E-state index in [2.05, 4.69) is 0 Å². The second-order valence-corrected chi connectivity index (χ2v) is 5.53. The van der Waals surface area contributed by atoms with Crippen molar-refractivity contribution in [2.45, 2.75) is 20.0 Å². The molecule has 0 atom stereocenters. The fraction of sp³-hybridized carbons (Fsp3) is 0.167. The van der Waals surface area contributed by atoms with E-state index in [1.165, 1.54) is 13.0 Å². The first-order valence-corrected chi connectivity index (χ1v) is 7.63. The van der Waals surface area contributed by atoms with Crippen LogP contribution >= 0.6 is 0 Å². The summed E-state index contributed by atoms with van der Waals surface area (Å²) in [4.78, 5) is 24.4. The molecular weight excluding hydrogens is 324 g/mol. The van der Waals surface area contributed by atoms with Gasteiger partial charge in [-0.3, -0.25) is 14.9 Å². The van der Waals surface area contributed by atoms with Crippen LogP contribution in [0.15, 0.2) is 63.8 Å². The summed E-state index contributed by atoms with van der Waals surface area (Å²) in [6, 6.07) is 11.6. The van der Waals surface area contributed by atoms with Crippen LogP contribution in [0, 0.1) is 10.1 Å². The molecule has 0 radical (unpaired) electrons. The molecule has 0 N–H and O–H groups in total. The van der Waals surface area contributed by atoms with E-state index < -0.39 is 4.92 Å². The monoisotopic (exact) mass is 340 g/mol. The molecule has 1 aromatic carbocycles. The lowest BCUT2D eigenvalue weighted by molar-refractivity contribution is -0.384. The molecule has 0 fully saturated rings. The topological polar surface area (TPSA) is 89.7 Å². The van der Waals surface area contributed by atoms with E-state index >= 15 is 0 Å². The number of ketones is 1. The third-order valence-electron chi connectivity index (χ3n) is 3.77. The van der Waals surface area contributed by atoms with Crippen molar-refractivity contribution in [3.63, 3.8) is 0 Å². The Morgan fingerprint density at radius 2 is 1.68 bits per heavy atom. The lowest BCUT2D eigenvalue weighted by Crippen LogP contribution is -2.22. The highest BCUT2D eigenvalue weighted by molar-refractivity contribution is 5.95. The van der Waals surface area contributed by atoms with Crippen LogP contribution < -0.4 is 4.90 Å². The molecule has 0 aliphatic rings. The van der Waals surface area contributed by atoms with Gasteiger partial charge in [0.2, 0.25) is 0 Å². The quantitative estimate of drug-likeness (QED) is 0.364. The van der Waals surface area contributed by atoms with Gasteiger partial charge in [0, 0.05) is 11.6 Å². The van der Waals surface area contributed by atoms with Gasteiger partial charge in [-0.15, -0.1) is 0 Å². The summed E-state index contributed by atoms with van der Waals surface area (Å²) in [6.07, 6.45) is 3.10. The van der Waals surface area contributed by atoms with Gasteiger partial charge in [-0.05, 0) is 43.3 Å². The van der Waals surface area contributed by atoms with E-state index in [-0.39, 0.29) is 11.5 Å². The Labute approximate surface area is 143 Å². The van der Waals surface area contributed by atoms with Crippen LogP contribution in [0.2, 0.25) is 0 Å². The van der Waals surface area contributed by atoms with Crippen molar-refractivity contribution >= 4 is 17.2 Å². The number of nitro groups is 1. The van der Waals surface area contributed by atoms with Crippen LogP contribution in [0.1, 0.15) is 28.8 Å². The van der Waals surface area contributed by atoms with Gasteiger partial charge < -0.3 is 13.7 Å². The Balaban J connectivity index is 2.01. The fourth-order valence-electron chi connectivity index (χ4n) is 2.56. The van der Waals surface area contributed by atoms with Crippen LogP contribution in [-0.4, -0.2) is 10.7 Å². The lowest BCUT2D eigenvalue weighted by Gasteiger charge is -2.22. The smallest absolute Gasteiger partial charge is 0.293 e. The number of rotatable bonds is 7. The summed E-state index contributed by atoms with van der Waals surface area (Å²) in [5.41, 5.74) is 0.556. The average Bonchev–Trinajstić information content (AvgIpc) is 3.27. The van der Waals surface area contributed by atoms with Crippen molar-refractivity contribution in [2.75, 3.05) is 4.90 Å². The number of nitrogens with zero attached hydrogens (tertiary/aromatic N) is 2. The first-order chi connectivity index (χ1) is 12.0. The van der Waals surface area contributed by atoms with Crippen LogP contribution in [-0.2, 0) is 13.1 Å². The van der Waals surface area contributed by atoms with E-state index in [9.17, 15) is 14.9 Å². The van der Waals surface area contributed by atoms with Gasteiger partial charge in [-0.25, -0.2) is 0 Å². The van der Waals surface area contributed by atoms with E-state index in [1.807, 2.05) is 0 Å². The summed E-state index contributed by atoms with van der Waals surface area (Å²) in [5.74, 6) is 1.10. The highest BCUT2D eigenvalue weighted by Crippen LogP contribution is 2.32. The number of carbonyl (C=O) groups excluding carboxylic acids is 1. The predicted octanol–water partition coefficient (Wildman–Crippen LogP) is 4.19. The molecule has 3 aromatic rings. The van der Waals surface area contributed by atoms with E-state index in [1.54, 1.807) is 53.8 Å². The number of hydrogen-bond acceptors (Lipinski definition) is 6. The first-order valence-electron chi connectivity index (χ1n) is 7.63. The predicted molar refractivity (Wildman–Crippen MR) is 90.4 cm³/mol. The number of benzene rings is 1.